The van der Waals surface area contributed by atoms with Crippen LogP contribution < -0.4 is 10.5 Å². The summed E-state index contributed by atoms with van der Waals surface area (Å²) < 4.78 is 13.2. The van der Waals surface area contributed by atoms with Crippen LogP contribution in [0.3, 0.4) is 0 Å². The SMILES string of the molecule is CON=C(N)C[C@@H]1c2cc(C#N)ccc2OC(C)(C)[C@H]1O[Si](C)(C)C(C)(C)C. The molecule has 1 aromatic rings. The number of nitriles is 1. The maximum absolute atomic E-state index is 9.37. The van der Waals surface area contributed by atoms with Crippen LogP contribution >= 0.6 is 0 Å². The minimum absolute atomic E-state index is 0.0502. The van der Waals surface area contributed by atoms with Crippen molar-refractivity contribution < 1.29 is 14.0 Å². The summed E-state index contributed by atoms with van der Waals surface area (Å²) in [6, 6.07) is 7.71. The fourth-order valence-corrected chi connectivity index (χ4v) is 4.74. The number of amidine groups is 1. The highest BCUT2D eigenvalue weighted by atomic mass is 28.4. The average molecular weight is 404 g/mol. The summed E-state index contributed by atoms with van der Waals surface area (Å²) in [5.41, 5.74) is 7.07. The van der Waals surface area contributed by atoms with Gasteiger partial charge in [0.05, 0.1) is 17.7 Å². The van der Waals surface area contributed by atoms with E-state index in [1.807, 2.05) is 26.0 Å². The number of oxime groups is 1. The van der Waals surface area contributed by atoms with Crippen LogP contribution in [0.2, 0.25) is 18.1 Å². The highest BCUT2D eigenvalue weighted by Crippen LogP contribution is 2.48. The summed E-state index contributed by atoms with van der Waals surface area (Å²) in [5, 5.41) is 13.3. The molecule has 0 bridgehead atoms. The first-order valence-electron chi connectivity index (χ1n) is 9.59. The van der Waals surface area contributed by atoms with Crippen molar-refractivity contribution in [2.45, 2.75) is 76.8 Å². The fourth-order valence-electron chi connectivity index (χ4n) is 3.30. The molecule has 1 aliphatic rings. The second kappa shape index (κ2) is 7.76. The highest BCUT2D eigenvalue weighted by Gasteiger charge is 2.50. The van der Waals surface area contributed by atoms with E-state index in [0.717, 1.165) is 11.3 Å². The van der Waals surface area contributed by atoms with Gasteiger partial charge in [-0.1, -0.05) is 25.9 Å². The van der Waals surface area contributed by atoms with E-state index in [1.165, 1.54) is 7.11 Å². The molecule has 0 fully saturated rings. The Bertz CT molecular complexity index is 791. The minimum atomic E-state index is -2.09. The third-order valence-electron chi connectivity index (χ3n) is 5.83. The molecule has 2 rings (SSSR count). The van der Waals surface area contributed by atoms with Gasteiger partial charge >= 0.3 is 0 Å². The van der Waals surface area contributed by atoms with Gasteiger partial charge in [-0.3, -0.25) is 0 Å². The van der Waals surface area contributed by atoms with Gasteiger partial charge in [-0.2, -0.15) is 5.26 Å². The molecule has 7 heteroatoms. The largest absolute Gasteiger partial charge is 0.485 e. The lowest BCUT2D eigenvalue weighted by molar-refractivity contribution is -0.0493. The van der Waals surface area contributed by atoms with E-state index >= 15 is 0 Å². The molecule has 0 aliphatic carbocycles. The van der Waals surface area contributed by atoms with Gasteiger partial charge in [0.15, 0.2) is 8.32 Å². The van der Waals surface area contributed by atoms with E-state index in [4.69, 9.17) is 19.7 Å². The molecule has 1 aliphatic heterocycles. The van der Waals surface area contributed by atoms with Gasteiger partial charge in [0.25, 0.3) is 0 Å². The van der Waals surface area contributed by atoms with Crippen LogP contribution in [0.1, 0.15) is 58.1 Å². The number of hydrogen-bond donors (Lipinski definition) is 1. The van der Waals surface area contributed by atoms with Crippen LogP contribution in [0.5, 0.6) is 5.75 Å². The number of ether oxygens (including phenoxy) is 1. The Balaban J connectivity index is 2.58. The first kappa shape index (κ1) is 22.2. The van der Waals surface area contributed by atoms with Gasteiger partial charge in [0.1, 0.15) is 24.3 Å². The molecule has 154 valence electrons. The number of rotatable bonds is 5. The Labute approximate surface area is 169 Å². The number of fused-ring (bicyclic) bond motifs is 1. The second-order valence-corrected chi connectivity index (χ2v) is 14.2. The number of hydrogen-bond acceptors (Lipinski definition) is 5. The van der Waals surface area contributed by atoms with Crippen LogP contribution in [0, 0.1) is 11.3 Å². The molecule has 2 atom stereocenters. The van der Waals surface area contributed by atoms with Crippen LogP contribution in [0.4, 0.5) is 0 Å². The fraction of sp³-hybridized carbons (Fsp3) is 0.619. The van der Waals surface area contributed by atoms with Crippen molar-refractivity contribution in [3.05, 3.63) is 29.3 Å². The number of nitrogens with zero attached hydrogens (tertiary/aromatic N) is 2. The molecular formula is C21H33N3O3Si. The topological polar surface area (TPSA) is 89.9 Å². The van der Waals surface area contributed by atoms with Gasteiger partial charge < -0.3 is 19.7 Å². The molecule has 0 aromatic heterocycles. The monoisotopic (exact) mass is 403 g/mol. The summed E-state index contributed by atoms with van der Waals surface area (Å²) in [6.45, 7) is 15.2. The average Bonchev–Trinajstić information content (AvgIpc) is 2.56. The molecule has 0 unspecified atom stereocenters. The molecule has 1 heterocycles. The van der Waals surface area contributed by atoms with Crippen molar-refractivity contribution in [2.75, 3.05) is 7.11 Å². The van der Waals surface area contributed by atoms with Gasteiger partial charge in [-0.05, 0) is 50.2 Å². The predicted octanol–water partition coefficient (Wildman–Crippen LogP) is 4.51. The molecule has 28 heavy (non-hydrogen) atoms. The highest BCUT2D eigenvalue weighted by molar-refractivity contribution is 6.74. The van der Waals surface area contributed by atoms with E-state index in [0.29, 0.717) is 17.8 Å². The molecule has 6 nitrogen and oxygen atoms in total. The Kier molecular flexibility index (Phi) is 6.17. The first-order chi connectivity index (χ1) is 12.8. The predicted molar refractivity (Wildman–Crippen MR) is 114 cm³/mol. The normalized spacial score (nSPS) is 22.0. The zero-order valence-corrected chi connectivity index (χ0v) is 19.3. The van der Waals surface area contributed by atoms with Crippen molar-refractivity contribution in [3.63, 3.8) is 0 Å². The summed E-state index contributed by atoms with van der Waals surface area (Å²) in [7, 11) is -0.614. The quantitative estimate of drug-likeness (QED) is 0.338. The Morgan fingerprint density at radius 2 is 2.00 bits per heavy atom. The van der Waals surface area contributed by atoms with Gasteiger partial charge in [-0.15, -0.1) is 0 Å². The summed E-state index contributed by atoms with van der Waals surface area (Å²) >= 11 is 0. The standard InChI is InChI=1S/C21H33N3O3Si/c1-20(2,3)28(7,8)27-19-16(12-18(23)24-25-6)15-11-14(13-22)9-10-17(15)26-21(19,4)5/h9-11,16,19H,12H2,1-8H3,(H2,23,24)/t16-,19+/m1/s1. The molecule has 2 N–H and O–H groups in total. The summed E-state index contributed by atoms with van der Waals surface area (Å²) in [5.74, 6) is 1.05. The van der Waals surface area contributed by atoms with Crippen molar-refractivity contribution in [1.29, 1.82) is 5.26 Å². The smallest absolute Gasteiger partial charge is 0.192 e. The van der Waals surface area contributed by atoms with E-state index in [9.17, 15) is 5.26 Å². The lowest BCUT2D eigenvalue weighted by Gasteiger charge is -2.49. The maximum atomic E-state index is 9.37. The summed E-state index contributed by atoms with van der Waals surface area (Å²) in [6.07, 6.45) is 0.224. The van der Waals surface area contributed by atoms with Crippen molar-refractivity contribution in [3.8, 4) is 11.8 Å². The third-order valence-corrected chi connectivity index (χ3v) is 10.3. The summed E-state index contributed by atoms with van der Waals surface area (Å²) in [4.78, 5) is 4.87. The lowest BCUT2D eigenvalue weighted by atomic mass is 9.79. The third kappa shape index (κ3) is 4.50. The molecule has 1 aromatic carbocycles. The van der Waals surface area contributed by atoms with Crippen LogP contribution in [0.15, 0.2) is 23.4 Å². The molecule has 0 spiro atoms. The zero-order chi connectivity index (χ0) is 21.3. The maximum Gasteiger partial charge on any atom is 0.192 e. The number of nitrogens with two attached hydrogens (primary N) is 1. The molecule has 0 saturated heterocycles. The Morgan fingerprint density at radius 1 is 1.36 bits per heavy atom. The van der Waals surface area contributed by atoms with Crippen LogP contribution in [0.25, 0.3) is 0 Å². The van der Waals surface area contributed by atoms with E-state index in [-0.39, 0.29) is 17.1 Å². The van der Waals surface area contributed by atoms with E-state index < -0.39 is 13.9 Å². The molecule has 0 radical (unpaired) electrons. The van der Waals surface area contributed by atoms with Gasteiger partial charge in [0.2, 0.25) is 0 Å². The Hall–Kier alpha value is -2.04. The Morgan fingerprint density at radius 3 is 2.54 bits per heavy atom. The molecule has 0 saturated carbocycles. The van der Waals surface area contributed by atoms with E-state index in [2.05, 4.69) is 45.1 Å². The van der Waals surface area contributed by atoms with Gasteiger partial charge in [0, 0.05) is 17.9 Å². The van der Waals surface area contributed by atoms with Crippen molar-refractivity contribution in [1.82, 2.24) is 0 Å². The van der Waals surface area contributed by atoms with E-state index in [1.54, 1.807) is 6.07 Å². The molecule has 0 amide bonds. The number of benzene rings is 1. The lowest BCUT2D eigenvalue weighted by Crippen LogP contribution is -2.56. The van der Waals surface area contributed by atoms with Crippen LogP contribution in [-0.4, -0.2) is 33.0 Å². The van der Waals surface area contributed by atoms with Crippen molar-refractivity contribution in [2.24, 2.45) is 10.9 Å². The first-order valence-corrected chi connectivity index (χ1v) is 12.5. The van der Waals surface area contributed by atoms with Crippen LogP contribution in [-0.2, 0) is 9.26 Å². The second-order valence-electron chi connectivity index (χ2n) is 9.44. The van der Waals surface area contributed by atoms with Crippen molar-refractivity contribution >= 4 is 14.2 Å². The molecular weight excluding hydrogens is 370 g/mol. The minimum Gasteiger partial charge on any atom is -0.485 e. The zero-order valence-electron chi connectivity index (χ0n) is 18.3. The van der Waals surface area contributed by atoms with Gasteiger partial charge in [-0.25, -0.2) is 0 Å².